The molecule has 120 heavy (non-hydrogen) atoms. The predicted octanol–water partition coefficient (Wildman–Crippen LogP) is 7.09. The Labute approximate surface area is 698 Å². The van der Waals surface area contributed by atoms with Crippen molar-refractivity contribution >= 4 is 28.5 Å². The summed E-state index contributed by atoms with van der Waals surface area (Å²) in [5.41, 5.74) is 5.94. The van der Waals surface area contributed by atoms with E-state index >= 15 is 0 Å². The van der Waals surface area contributed by atoms with Gasteiger partial charge in [0.15, 0.2) is 28.8 Å². The van der Waals surface area contributed by atoms with E-state index < -0.39 is 51.6 Å². The monoisotopic (exact) mass is 1700 g/mol. The molecule has 0 spiro atoms. The predicted molar refractivity (Wildman–Crippen MR) is 439 cm³/mol. The molecule has 4 fully saturated rings. The van der Waals surface area contributed by atoms with Crippen molar-refractivity contribution in [2.45, 2.75) is 128 Å². The fourth-order valence-electron chi connectivity index (χ4n) is 13.0. The summed E-state index contributed by atoms with van der Waals surface area (Å²) < 4.78 is 74.9. The molecule has 4 aliphatic rings. The topological polar surface area (TPSA) is 511 Å². The SMILES string of the molecule is CCC(c1ccc(OCCN(CC)CC)cc1)C(CC)c1ccc(OCCN(CC)CC)cc1.COc1cc(C(=O)OCCCN(C)CCN(C)CCCOC(=O)c2cc(OC)c(OC)c(OC)c2)cc(OC)c1OC.NNc1nncc2ccccc12.O=[N+]([O-])O.O=[N+]([O-])O.O=[N+]([O-])O.O[C@@H]1CO[C@H]2[C@@H]1OC[C@@H]2O.O[C@@H]1CO[C@H]2[C@@H]1OC[C@@H]2O. The van der Waals surface area contributed by atoms with Crippen LogP contribution in [0.4, 0.5) is 5.82 Å². The van der Waals surface area contributed by atoms with Crippen molar-refractivity contribution in [3.05, 3.63) is 156 Å². The highest BCUT2D eigenvalue weighted by molar-refractivity contribution is 5.92. The average Bonchev–Trinajstić information content (AvgIpc) is 1.70. The number of ether oxygens (including phenoxy) is 14. The van der Waals surface area contributed by atoms with Crippen LogP contribution in [0.15, 0.2) is 103 Å². The first-order valence-corrected chi connectivity index (χ1v) is 39.1. The Bertz CT molecular complexity index is 3580. The highest BCUT2D eigenvalue weighted by atomic mass is 16.9. The molecule has 0 aliphatic carbocycles. The summed E-state index contributed by atoms with van der Waals surface area (Å²) >= 11 is 0. The molecule has 10 atom stereocenters. The van der Waals surface area contributed by atoms with E-state index in [2.05, 4.69) is 125 Å². The standard InChI is InChI=1S/C30H44N2O10.C30H48N2O2.C8H8N4.2C6H10O4.3HNO3/c1-31(11-9-15-41-29(33)21-17-23(35-3)27(39-7)24(18-21)36-4)13-14-32(2)12-10-16-42-30(34)22-19-25(37-5)28(40-8)26(20-22)38-6;1-7-29(25-13-17-27(18-14-25)33-23-21-31(9-3)10-4)30(8-2)26-15-19-28(20-16-26)34-24-22-32(11-5)12-6;9-11-8-7-4-2-1-3-6(7)5-10-12-8;2*7-3-1-9-6-4(8)2-10-5(3)6;3*2-1(3)4/h17-20H,9-16H2,1-8H3;13-20,29-30H,7-12,21-24H2,1-6H3;1-5H,9H2,(H,11,12);2*3-8H,1-2H2;3*(H,2,3,4)/t;;;2*3-,4+,5-,6-;;;/m...11.../s1. The molecule has 672 valence electrons. The average molecular weight is 1700 g/mol. The Hall–Kier alpha value is -10.3. The zero-order valence-corrected chi connectivity index (χ0v) is 70.9. The molecule has 4 saturated heterocycles. The second-order valence-corrected chi connectivity index (χ2v) is 26.9. The molecule has 0 saturated carbocycles. The van der Waals surface area contributed by atoms with Crippen molar-refractivity contribution in [3.8, 4) is 46.0 Å². The minimum absolute atomic E-state index is 0.284. The van der Waals surface area contributed by atoms with E-state index in [0.717, 1.165) is 114 Å². The van der Waals surface area contributed by atoms with Crippen LogP contribution < -0.4 is 49.2 Å². The minimum Gasteiger partial charge on any atom is -0.493 e. The van der Waals surface area contributed by atoms with Crippen molar-refractivity contribution in [3.63, 3.8) is 0 Å². The fourth-order valence-corrected chi connectivity index (χ4v) is 13.0. The Morgan fingerprint density at radius 3 is 1.09 bits per heavy atom. The number of aromatic nitrogens is 2. The van der Waals surface area contributed by atoms with E-state index in [1.807, 2.05) is 38.4 Å². The van der Waals surface area contributed by atoms with E-state index in [1.54, 1.807) is 30.5 Å². The molecular weight excluding hydrogens is 1580 g/mol. The summed E-state index contributed by atoms with van der Waals surface area (Å²) in [6, 6.07) is 31.7. The summed E-state index contributed by atoms with van der Waals surface area (Å²) in [7, 11) is 13.0. The molecule has 1 aromatic heterocycles. The molecule has 6 aromatic rings. The maximum atomic E-state index is 12.5. The Kier molecular flexibility index (Phi) is 50.0. The molecular formula is C80H123N11O29. The van der Waals surface area contributed by atoms with Gasteiger partial charge in [-0.1, -0.05) is 90.1 Å². The lowest BCUT2D eigenvalue weighted by molar-refractivity contribution is -0.742. The quantitative estimate of drug-likeness (QED) is 0.00617. The number of hydrazine groups is 1. The molecule has 0 radical (unpaired) electrons. The second-order valence-electron chi connectivity index (χ2n) is 26.9. The number of anilines is 1. The number of aliphatic hydroxyl groups is 4. The lowest BCUT2D eigenvalue weighted by Gasteiger charge is -2.27. The third-order valence-electron chi connectivity index (χ3n) is 19.3. The fraction of sp³-hybridized carbons (Fsp3) is 0.575. The van der Waals surface area contributed by atoms with Gasteiger partial charge in [0.1, 0.15) is 73.5 Å². The van der Waals surface area contributed by atoms with Crippen LogP contribution in [0.1, 0.15) is 111 Å². The van der Waals surface area contributed by atoms with E-state index in [1.165, 1.54) is 53.8 Å². The molecule has 10 N–H and O–H groups in total. The van der Waals surface area contributed by atoms with Crippen LogP contribution in [-0.2, 0) is 28.4 Å². The van der Waals surface area contributed by atoms with Crippen LogP contribution in [0.25, 0.3) is 10.8 Å². The van der Waals surface area contributed by atoms with Gasteiger partial charge in [-0.05, 0) is 137 Å². The van der Waals surface area contributed by atoms with Crippen LogP contribution in [0, 0.1) is 30.3 Å². The molecule has 10 rings (SSSR count). The Morgan fingerprint density at radius 2 is 0.808 bits per heavy atom. The van der Waals surface area contributed by atoms with Crippen molar-refractivity contribution in [2.75, 3.05) is 180 Å². The highest BCUT2D eigenvalue weighted by Crippen LogP contribution is 2.41. The van der Waals surface area contributed by atoms with Gasteiger partial charge in [0.2, 0.25) is 11.5 Å². The van der Waals surface area contributed by atoms with E-state index in [0.29, 0.717) is 76.1 Å². The number of nitrogens with one attached hydrogen (secondary N) is 1. The van der Waals surface area contributed by atoms with Gasteiger partial charge in [0.05, 0.1) is 99.6 Å². The van der Waals surface area contributed by atoms with Crippen LogP contribution in [0.3, 0.4) is 0 Å². The van der Waals surface area contributed by atoms with Gasteiger partial charge < -0.3 is 127 Å². The number of nitrogens with zero attached hydrogens (tertiary/aromatic N) is 9. The molecule has 0 bridgehead atoms. The minimum atomic E-state index is -1.50. The molecule has 5 aromatic carbocycles. The van der Waals surface area contributed by atoms with Crippen LogP contribution in [0.2, 0.25) is 0 Å². The van der Waals surface area contributed by atoms with Gasteiger partial charge in [0, 0.05) is 50.0 Å². The summed E-state index contributed by atoms with van der Waals surface area (Å²) in [5, 5.41) is 87.2. The largest absolute Gasteiger partial charge is 0.493 e. The number of hydrogen-bond donors (Lipinski definition) is 9. The van der Waals surface area contributed by atoms with Crippen molar-refractivity contribution < 1.29 is 127 Å². The van der Waals surface area contributed by atoms with E-state index in [4.69, 9.17) is 139 Å². The number of hydrogen-bond acceptors (Lipinski definition) is 34. The smallest absolute Gasteiger partial charge is 0.338 e. The normalized spacial score (nSPS) is 18.1. The molecule has 40 nitrogen and oxygen atoms in total. The first-order valence-electron chi connectivity index (χ1n) is 39.1. The van der Waals surface area contributed by atoms with Gasteiger partial charge in [-0.3, -0.25) is 0 Å². The molecule has 2 unspecified atom stereocenters. The molecule has 4 aliphatic heterocycles. The molecule has 40 heteroatoms. The summed E-state index contributed by atoms with van der Waals surface area (Å²) in [4.78, 5) is 59.3. The summed E-state index contributed by atoms with van der Waals surface area (Å²) in [5.74, 6) is 10.3. The van der Waals surface area contributed by atoms with Crippen molar-refractivity contribution in [1.82, 2.24) is 29.8 Å². The number of esters is 2. The van der Waals surface area contributed by atoms with Crippen LogP contribution >= 0.6 is 0 Å². The van der Waals surface area contributed by atoms with Gasteiger partial charge >= 0.3 is 11.9 Å². The maximum Gasteiger partial charge on any atom is 0.338 e. The second kappa shape index (κ2) is 57.8. The zero-order valence-electron chi connectivity index (χ0n) is 70.9. The first kappa shape index (κ1) is 104. The third-order valence-corrected chi connectivity index (χ3v) is 19.3. The Morgan fingerprint density at radius 1 is 0.492 bits per heavy atom. The highest BCUT2D eigenvalue weighted by Gasteiger charge is 2.47. The van der Waals surface area contributed by atoms with Gasteiger partial charge in [0.25, 0.3) is 15.3 Å². The van der Waals surface area contributed by atoms with Crippen LogP contribution in [0.5, 0.6) is 46.0 Å². The number of nitrogen functional groups attached to an aromatic ring is 1. The number of benzene rings is 5. The number of aliphatic hydroxyl groups excluding tert-OH is 4. The third kappa shape index (κ3) is 36.3. The van der Waals surface area contributed by atoms with Gasteiger partial charge in [-0.2, -0.15) is 5.10 Å². The van der Waals surface area contributed by atoms with Crippen molar-refractivity contribution in [2.24, 2.45) is 5.84 Å². The van der Waals surface area contributed by atoms with Crippen LogP contribution in [-0.4, -0.2) is 317 Å². The zero-order chi connectivity index (χ0) is 89.2. The summed E-state index contributed by atoms with van der Waals surface area (Å²) in [6.45, 7) is 26.0. The lowest BCUT2D eigenvalue weighted by Crippen LogP contribution is -2.32. The number of methoxy groups -OCH3 is 6. The lowest BCUT2D eigenvalue weighted by atomic mass is 9.78. The first-order chi connectivity index (χ1) is 57.5. The number of nitrogens with two attached hydrogens (primary N) is 1. The molecule has 0 amide bonds. The Balaban J connectivity index is 0.000000414. The van der Waals surface area contributed by atoms with Gasteiger partial charge in [-0.15, -0.1) is 35.4 Å². The van der Waals surface area contributed by atoms with E-state index in [-0.39, 0.29) is 64.1 Å². The number of carbonyl (C=O) groups is 2. The van der Waals surface area contributed by atoms with Gasteiger partial charge in [-0.25, -0.2) is 15.4 Å². The number of likely N-dealkylation sites (N-methyl/N-ethyl adjacent to an activating group) is 4. The van der Waals surface area contributed by atoms with E-state index in [9.17, 15) is 9.59 Å². The number of carbonyl (C=O) groups excluding carboxylic acids is 2. The number of rotatable bonds is 37. The maximum absolute atomic E-state index is 12.5. The number of fused-ring (bicyclic) bond motifs is 3. The molecule has 5 heterocycles. The van der Waals surface area contributed by atoms with Crippen molar-refractivity contribution in [1.29, 1.82) is 0 Å². The summed E-state index contributed by atoms with van der Waals surface area (Å²) in [6.07, 6.45) is 1.91.